The van der Waals surface area contributed by atoms with E-state index >= 15 is 0 Å². The van der Waals surface area contributed by atoms with E-state index in [0.29, 0.717) is 6.42 Å². The first-order valence-corrected chi connectivity index (χ1v) is 10.2. The predicted molar refractivity (Wildman–Crippen MR) is 121 cm³/mol. The summed E-state index contributed by atoms with van der Waals surface area (Å²) in [5.74, 6) is 0.00992. The minimum atomic E-state index is 0.00992. The lowest BCUT2D eigenvalue weighted by atomic mass is 10.1. The smallest absolute Gasteiger partial charge is 0.228 e. The molecule has 1 saturated heterocycles. The maximum Gasteiger partial charge on any atom is 0.228 e. The van der Waals surface area contributed by atoms with Gasteiger partial charge in [0.1, 0.15) is 0 Å². The molecule has 1 heterocycles. The van der Waals surface area contributed by atoms with Crippen LogP contribution in [0.15, 0.2) is 78.9 Å². The first kappa shape index (κ1) is 19.1. The number of hydrogen-bond acceptors (Lipinski definition) is 3. The molecule has 0 radical (unpaired) electrons. The number of amides is 1. The number of nitrogens with one attached hydrogen (secondary N) is 1. The third kappa shape index (κ3) is 4.96. The Hall–Kier alpha value is -3.27. The first-order valence-electron chi connectivity index (χ1n) is 10.2. The Morgan fingerprint density at radius 3 is 2.10 bits per heavy atom. The Kier molecular flexibility index (Phi) is 5.80. The van der Waals surface area contributed by atoms with Gasteiger partial charge >= 0.3 is 0 Å². The second-order valence-electron chi connectivity index (χ2n) is 7.57. The minimum Gasteiger partial charge on any atom is -0.368 e. The van der Waals surface area contributed by atoms with Crippen molar-refractivity contribution in [3.05, 3.63) is 90.0 Å². The fourth-order valence-electron chi connectivity index (χ4n) is 3.79. The average molecular weight is 386 g/mol. The zero-order chi connectivity index (χ0) is 20.1. The average Bonchev–Trinajstić information content (AvgIpc) is 2.75. The van der Waals surface area contributed by atoms with Crippen molar-refractivity contribution in [3.63, 3.8) is 0 Å². The molecular formula is C25H27N3O. The van der Waals surface area contributed by atoms with Crippen LogP contribution in [0.1, 0.15) is 11.1 Å². The molecular weight excluding hydrogens is 358 g/mol. The van der Waals surface area contributed by atoms with Crippen LogP contribution in [0, 0.1) is 6.92 Å². The number of hydrogen-bond donors (Lipinski definition) is 1. The van der Waals surface area contributed by atoms with Gasteiger partial charge in [-0.25, -0.2) is 0 Å². The molecule has 148 valence electrons. The van der Waals surface area contributed by atoms with Crippen LogP contribution in [0.3, 0.4) is 0 Å². The molecule has 0 bridgehead atoms. The number of nitrogens with zero attached hydrogens (tertiary/aromatic N) is 2. The molecule has 0 atom stereocenters. The maximum atomic E-state index is 12.2. The van der Waals surface area contributed by atoms with Crippen LogP contribution < -0.4 is 15.1 Å². The van der Waals surface area contributed by atoms with Gasteiger partial charge in [-0.2, -0.15) is 0 Å². The summed E-state index contributed by atoms with van der Waals surface area (Å²) < 4.78 is 0. The van der Waals surface area contributed by atoms with E-state index in [4.69, 9.17) is 0 Å². The summed E-state index contributed by atoms with van der Waals surface area (Å²) in [6, 6.07) is 26.7. The lowest BCUT2D eigenvalue weighted by molar-refractivity contribution is -0.115. The van der Waals surface area contributed by atoms with E-state index in [2.05, 4.69) is 58.4 Å². The topological polar surface area (TPSA) is 35.6 Å². The van der Waals surface area contributed by atoms with Crippen LogP contribution in [0.4, 0.5) is 17.1 Å². The highest BCUT2D eigenvalue weighted by Crippen LogP contribution is 2.23. The summed E-state index contributed by atoms with van der Waals surface area (Å²) in [5, 5.41) is 2.99. The molecule has 0 aromatic heterocycles. The Labute approximate surface area is 172 Å². The zero-order valence-electron chi connectivity index (χ0n) is 16.8. The second-order valence-corrected chi connectivity index (χ2v) is 7.57. The lowest BCUT2D eigenvalue weighted by Gasteiger charge is -2.37. The molecule has 3 aromatic carbocycles. The highest BCUT2D eigenvalue weighted by Gasteiger charge is 2.17. The largest absolute Gasteiger partial charge is 0.368 e. The van der Waals surface area contributed by atoms with Gasteiger partial charge in [0.15, 0.2) is 0 Å². The Bertz CT molecular complexity index is 945. The molecule has 0 unspecified atom stereocenters. The monoisotopic (exact) mass is 385 g/mol. The van der Waals surface area contributed by atoms with Gasteiger partial charge in [0, 0.05) is 43.2 Å². The summed E-state index contributed by atoms with van der Waals surface area (Å²) >= 11 is 0. The third-order valence-corrected chi connectivity index (χ3v) is 5.37. The standard InChI is InChI=1S/C25H27N3O/c1-20-6-5-9-24(18-20)28-16-14-27(15-17-28)23-12-10-22(11-13-23)26-25(29)19-21-7-3-2-4-8-21/h2-13,18H,14-17,19H2,1H3,(H,26,29). The second kappa shape index (κ2) is 8.82. The van der Waals surface area contributed by atoms with Gasteiger partial charge in [0.2, 0.25) is 5.91 Å². The number of benzene rings is 3. The molecule has 4 rings (SSSR count). The Morgan fingerprint density at radius 1 is 0.793 bits per heavy atom. The first-order chi connectivity index (χ1) is 14.2. The number of piperazine rings is 1. The van der Waals surface area contributed by atoms with E-state index in [0.717, 1.165) is 37.4 Å². The highest BCUT2D eigenvalue weighted by atomic mass is 16.1. The molecule has 1 amide bonds. The Morgan fingerprint density at radius 2 is 1.45 bits per heavy atom. The van der Waals surface area contributed by atoms with Crippen molar-refractivity contribution in [2.75, 3.05) is 41.3 Å². The summed E-state index contributed by atoms with van der Waals surface area (Å²) in [6.45, 7) is 6.15. The van der Waals surface area contributed by atoms with Crippen molar-refractivity contribution < 1.29 is 4.79 Å². The van der Waals surface area contributed by atoms with Crippen molar-refractivity contribution in [1.29, 1.82) is 0 Å². The summed E-state index contributed by atoms with van der Waals surface area (Å²) in [5.41, 5.74) is 5.67. The van der Waals surface area contributed by atoms with Gasteiger partial charge < -0.3 is 15.1 Å². The molecule has 29 heavy (non-hydrogen) atoms. The van der Waals surface area contributed by atoms with Crippen molar-refractivity contribution in [3.8, 4) is 0 Å². The van der Waals surface area contributed by atoms with Crippen LogP contribution in [-0.4, -0.2) is 32.1 Å². The van der Waals surface area contributed by atoms with Gasteiger partial charge in [-0.3, -0.25) is 4.79 Å². The summed E-state index contributed by atoms with van der Waals surface area (Å²) in [4.78, 5) is 17.1. The van der Waals surface area contributed by atoms with Crippen molar-refractivity contribution >= 4 is 23.0 Å². The van der Waals surface area contributed by atoms with E-state index in [9.17, 15) is 4.79 Å². The fourth-order valence-corrected chi connectivity index (χ4v) is 3.79. The molecule has 4 nitrogen and oxygen atoms in total. The van der Waals surface area contributed by atoms with Gasteiger partial charge in [0.25, 0.3) is 0 Å². The summed E-state index contributed by atoms with van der Waals surface area (Å²) in [7, 11) is 0. The summed E-state index contributed by atoms with van der Waals surface area (Å²) in [6.07, 6.45) is 0.392. The van der Waals surface area contributed by atoms with Gasteiger partial charge in [-0.1, -0.05) is 42.5 Å². The number of carbonyl (C=O) groups excluding carboxylic acids is 1. The lowest BCUT2D eigenvalue weighted by Crippen LogP contribution is -2.46. The quantitative estimate of drug-likeness (QED) is 0.702. The molecule has 0 spiro atoms. The predicted octanol–water partition coefficient (Wildman–Crippen LogP) is 4.50. The fraction of sp³-hybridized carbons (Fsp3) is 0.240. The molecule has 1 aliphatic heterocycles. The molecule has 0 saturated carbocycles. The minimum absolute atomic E-state index is 0.00992. The van der Waals surface area contributed by atoms with E-state index in [1.807, 2.05) is 42.5 Å². The molecule has 4 heteroatoms. The molecule has 0 aliphatic carbocycles. The van der Waals surface area contributed by atoms with Crippen LogP contribution in [0.5, 0.6) is 0 Å². The van der Waals surface area contributed by atoms with E-state index in [-0.39, 0.29) is 5.91 Å². The highest BCUT2D eigenvalue weighted by molar-refractivity contribution is 5.92. The molecule has 1 N–H and O–H groups in total. The normalized spacial score (nSPS) is 14.0. The maximum absolute atomic E-state index is 12.2. The van der Waals surface area contributed by atoms with Crippen LogP contribution in [-0.2, 0) is 11.2 Å². The van der Waals surface area contributed by atoms with Crippen LogP contribution in [0.2, 0.25) is 0 Å². The van der Waals surface area contributed by atoms with E-state index in [1.54, 1.807) is 0 Å². The van der Waals surface area contributed by atoms with Crippen molar-refractivity contribution in [1.82, 2.24) is 0 Å². The van der Waals surface area contributed by atoms with Gasteiger partial charge in [0.05, 0.1) is 6.42 Å². The number of carbonyl (C=O) groups is 1. The van der Waals surface area contributed by atoms with Crippen molar-refractivity contribution in [2.24, 2.45) is 0 Å². The molecule has 1 fully saturated rings. The van der Waals surface area contributed by atoms with E-state index in [1.165, 1.54) is 16.9 Å². The third-order valence-electron chi connectivity index (χ3n) is 5.37. The van der Waals surface area contributed by atoms with E-state index < -0.39 is 0 Å². The zero-order valence-corrected chi connectivity index (χ0v) is 16.8. The Balaban J connectivity index is 1.31. The van der Waals surface area contributed by atoms with Crippen LogP contribution in [0.25, 0.3) is 0 Å². The number of anilines is 3. The van der Waals surface area contributed by atoms with Crippen molar-refractivity contribution in [2.45, 2.75) is 13.3 Å². The molecule has 3 aromatic rings. The SMILES string of the molecule is Cc1cccc(N2CCN(c3ccc(NC(=O)Cc4ccccc4)cc3)CC2)c1. The number of aryl methyl sites for hydroxylation is 1. The van der Waals surface area contributed by atoms with Gasteiger partial charge in [-0.15, -0.1) is 0 Å². The molecule has 1 aliphatic rings. The van der Waals surface area contributed by atoms with Gasteiger partial charge in [-0.05, 0) is 54.4 Å². The van der Waals surface area contributed by atoms with Crippen LogP contribution >= 0.6 is 0 Å². The number of rotatable bonds is 5.